The zero-order valence-electron chi connectivity index (χ0n) is 22.7. The Bertz CT molecular complexity index is 1340. The minimum absolute atomic E-state index is 0.0304. The number of nitrogens with zero attached hydrogens (tertiary/aromatic N) is 2. The lowest BCUT2D eigenvalue weighted by Crippen LogP contribution is -2.65. The van der Waals surface area contributed by atoms with Crippen molar-refractivity contribution in [2.45, 2.75) is 37.1 Å². The van der Waals surface area contributed by atoms with Crippen molar-refractivity contribution in [2.75, 3.05) is 46.4 Å². The number of aromatic hydroxyl groups is 1. The molecule has 0 aliphatic heterocycles. The van der Waals surface area contributed by atoms with Gasteiger partial charge in [-0.2, -0.15) is 0 Å². The van der Waals surface area contributed by atoms with Crippen molar-refractivity contribution in [3.63, 3.8) is 0 Å². The third-order valence-corrected chi connectivity index (χ3v) is 8.21. The summed E-state index contributed by atoms with van der Waals surface area (Å²) in [6, 6.07) is -0.658. The summed E-state index contributed by atoms with van der Waals surface area (Å²) in [5.74, 6) is -7.36. The van der Waals surface area contributed by atoms with Crippen molar-refractivity contribution in [1.29, 1.82) is 0 Å². The van der Waals surface area contributed by atoms with E-state index in [1.807, 2.05) is 0 Å². The highest BCUT2D eigenvalue weighted by Gasteiger charge is 2.64. The van der Waals surface area contributed by atoms with Crippen molar-refractivity contribution in [1.82, 2.24) is 10.2 Å². The average Bonchev–Trinajstić information content (AvgIpc) is 2.87. The Hall–Kier alpha value is -3.55. The van der Waals surface area contributed by atoms with Crippen LogP contribution in [0.1, 0.15) is 23.1 Å². The number of alkyl halides is 2. The molecule has 4 unspecified atom stereocenters. The van der Waals surface area contributed by atoms with Gasteiger partial charge in [-0.1, -0.05) is 0 Å². The smallest absolute Gasteiger partial charge is 0.255 e. The molecule has 13 heteroatoms. The SMILES string of the molecule is CN(C)c1cc(CNC(CF)CF)c(O)c2c1CC1CC3C(N(C)C)C(=O)C(C(N)=O)=C(O)C3(O)C(=O)C1=C2O. The van der Waals surface area contributed by atoms with E-state index < -0.39 is 83.2 Å². The lowest BCUT2D eigenvalue weighted by Gasteiger charge is -2.50. The lowest BCUT2D eigenvalue weighted by molar-refractivity contribution is -0.153. The fourth-order valence-corrected chi connectivity index (χ4v) is 6.28. The van der Waals surface area contributed by atoms with E-state index in [2.05, 4.69) is 5.32 Å². The number of anilines is 1. The molecular formula is C27H34F2N4O7. The van der Waals surface area contributed by atoms with Gasteiger partial charge in [0.05, 0.1) is 17.6 Å². The zero-order valence-corrected chi connectivity index (χ0v) is 22.7. The van der Waals surface area contributed by atoms with Gasteiger partial charge in [-0.05, 0) is 44.5 Å². The molecule has 1 aromatic carbocycles. The Morgan fingerprint density at radius 3 is 2.33 bits per heavy atom. The molecule has 0 bridgehead atoms. The number of fused-ring (bicyclic) bond motifs is 3. The molecule has 0 aromatic heterocycles. The largest absolute Gasteiger partial charge is 0.508 e. The molecule has 4 rings (SSSR count). The molecule has 218 valence electrons. The van der Waals surface area contributed by atoms with E-state index in [4.69, 9.17) is 5.73 Å². The number of carbonyl (C=O) groups excluding carboxylic acids is 3. The van der Waals surface area contributed by atoms with Crippen molar-refractivity contribution in [3.05, 3.63) is 39.7 Å². The molecular weight excluding hydrogens is 530 g/mol. The maximum absolute atomic E-state index is 14.0. The number of aliphatic hydroxyl groups excluding tert-OH is 2. The van der Waals surface area contributed by atoms with E-state index in [0.717, 1.165) is 0 Å². The Morgan fingerprint density at radius 1 is 1.18 bits per heavy atom. The second-order valence-electron chi connectivity index (χ2n) is 11.0. The summed E-state index contributed by atoms with van der Waals surface area (Å²) in [5, 5.41) is 47.9. The number of phenols is 1. The number of nitrogens with one attached hydrogen (secondary N) is 1. The number of Topliss-reactive ketones (excluding diaryl/α,β-unsaturated/α-hetero) is 2. The number of hydrogen-bond acceptors (Lipinski definition) is 10. The molecule has 0 radical (unpaired) electrons. The Morgan fingerprint density at radius 2 is 1.80 bits per heavy atom. The maximum Gasteiger partial charge on any atom is 0.255 e. The number of ketones is 2. The summed E-state index contributed by atoms with van der Waals surface area (Å²) < 4.78 is 26.1. The van der Waals surface area contributed by atoms with E-state index in [1.165, 1.54) is 19.0 Å². The Labute approximate surface area is 229 Å². The van der Waals surface area contributed by atoms with Crippen LogP contribution in [-0.2, 0) is 27.3 Å². The molecule has 3 aliphatic rings. The lowest BCUT2D eigenvalue weighted by atomic mass is 9.57. The third-order valence-electron chi connectivity index (χ3n) is 8.21. The summed E-state index contributed by atoms with van der Waals surface area (Å²) in [4.78, 5) is 42.4. The summed E-state index contributed by atoms with van der Waals surface area (Å²) in [6.07, 6.45) is 0.0955. The number of halogens is 2. The molecule has 0 spiro atoms. The summed E-state index contributed by atoms with van der Waals surface area (Å²) in [5.41, 5.74) is 2.62. The van der Waals surface area contributed by atoms with Crippen LogP contribution in [0.4, 0.5) is 14.5 Å². The molecule has 1 fully saturated rings. The minimum atomic E-state index is -2.74. The predicted octanol–water partition coefficient (Wildman–Crippen LogP) is 0.427. The van der Waals surface area contributed by atoms with E-state index in [0.29, 0.717) is 11.3 Å². The van der Waals surface area contributed by atoms with Crippen LogP contribution in [0.2, 0.25) is 0 Å². The number of benzene rings is 1. The first-order chi connectivity index (χ1) is 18.7. The molecule has 1 amide bonds. The highest BCUT2D eigenvalue weighted by Crippen LogP contribution is 2.54. The van der Waals surface area contributed by atoms with Gasteiger partial charge in [0, 0.05) is 43.4 Å². The number of carbonyl (C=O) groups is 3. The molecule has 4 atom stereocenters. The number of primary amides is 1. The van der Waals surface area contributed by atoms with Gasteiger partial charge in [0.2, 0.25) is 5.78 Å². The highest BCUT2D eigenvalue weighted by molar-refractivity contribution is 6.24. The van der Waals surface area contributed by atoms with Crippen molar-refractivity contribution in [3.8, 4) is 5.75 Å². The number of aliphatic hydroxyl groups is 3. The van der Waals surface area contributed by atoms with Gasteiger partial charge in [-0.3, -0.25) is 19.3 Å². The van der Waals surface area contributed by atoms with Gasteiger partial charge in [0.25, 0.3) is 5.91 Å². The summed E-state index contributed by atoms with van der Waals surface area (Å²) in [6.45, 7) is -2.11. The van der Waals surface area contributed by atoms with E-state index in [9.17, 15) is 43.6 Å². The van der Waals surface area contributed by atoms with Gasteiger partial charge < -0.3 is 36.4 Å². The van der Waals surface area contributed by atoms with E-state index in [1.54, 1.807) is 25.1 Å². The monoisotopic (exact) mass is 564 g/mol. The van der Waals surface area contributed by atoms with Crippen molar-refractivity contribution >= 4 is 28.9 Å². The van der Waals surface area contributed by atoms with Crippen LogP contribution in [-0.4, -0.2) is 102 Å². The first kappa shape index (κ1) is 29.4. The zero-order chi connectivity index (χ0) is 29.8. The fourth-order valence-electron chi connectivity index (χ4n) is 6.28. The summed E-state index contributed by atoms with van der Waals surface area (Å²) in [7, 11) is 6.52. The van der Waals surface area contributed by atoms with Gasteiger partial charge in [0.15, 0.2) is 11.4 Å². The molecule has 40 heavy (non-hydrogen) atoms. The number of likely N-dealkylation sites (N-methyl/N-ethyl adjacent to an activating group) is 1. The van der Waals surface area contributed by atoms with Crippen LogP contribution < -0.4 is 16.0 Å². The Balaban J connectivity index is 1.93. The normalized spacial score (nSPS) is 26.3. The summed E-state index contributed by atoms with van der Waals surface area (Å²) >= 11 is 0. The molecule has 1 aromatic rings. The van der Waals surface area contributed by atoms with E-state index >= 15 is 0 Å². The minimum Gasteiger partial charge on any atom is -0.508 e. The topological polar surface area (TPSA) is 177 Å². The average molecular weight is 565 g/mol. The van der Waals surface area contributed by atoms with Crippen LogP contribution in [0.3, 0.4) is 0 Å². The maximum atomic E-state index is 14.0. The van der Waals surface area contributed by atoms with Gasteiger partial charge in [0.1, 0.15) is 36.2 Å². The highest BCUT2D eigenvalue weighted by atomic mass is 19.1. The molecule has 0 heterocycles. The second-order valence-corrected chi connectivity index (χ2v) is 11.0. The second kappa shape index (κ2) is 10.5. The fraction of sp³-hybridized carbons (Fsp3) is 0.519. The molecule has 11 nitrogen and oxygen atoms in total. The van der Waals surface area contributed by atoms with Crippen LogP contribution in [0.15, 0.2) is 23.0 Å². The molecule has 0 saturated heterocycles. The van der Waals surface area contributed by atoms with Gasteiger partial charge in [-0.25, -0.2) is 8.78 Å². The standard InChI is InChI=1S/C27H34F2N4O7/c1-32(2)16-7-12(10-31-13(8-28)9-29)21(34)18-14(16)5-11-6-15-20(33(3)4)23(36)19(26(30)39)25(38)27(15,40)24(37)17(11)22(18)35/h7,11,13,15,20,31,34-35,38,40H,5-6,8-10H2,1-4H3,(H2,30,39). The van der Waals surface area contributed by atoms with E-state index in [-0.39, 0.29) is 36.1 Å². The number of rotatable bonds is 8. The molecule has 3 aliphatic carbocycles. The van der Waals surface area contributed by atoms with Crippen LogP contribution >= 0.6 is 0 Å². The van der Waals surface area contributed by atoms with Crippen molar-refractivity contribution in [2.24, 2.45) is 17.6 Å². The molecule has 7 N–H and O–H groups in total. The molecule has 1 saturated carbocycles. The van der Waals surface area contributed by atoms with Gasteiger partial charge >= 0.3 is 0 Å². The quantitative estimate of drug-likeness (QED) is 0.243. The number of amides is 1. The first-order valence-electron chi connectivity index (χ1n) is 12.8. The van der Waals surface area contributed by atoms with Crippen molar-refractivity contribution < 1.29 is 43.6 Å². The predicted molar refractivity (Wildman–Crippen MR) is 141 cm³/mol. The number of hydrogen-bond donors (Lipinski definition) is 6. The third kappa shape index (κ3) is 4.23. The van der Waals surface area contributed by atoms with Crippen LogP contribution in [0, 0.1) is 11.8 Å². The van der Waals surface area contributed by atoms with Gasteiger partial charge in [-0.15, -0.1) is 0 Å². The number of nitrogens with two attached hydrogens (primary N) is 1. The first-order valence-corrected chi connectivity index (χ1v) is 12.8. The van der Waals surface area contributed by atoms with Crippen LogP contribution in [0.5, 0.6) is 5.75 Å². The van der Waals surface area contributed by atoms with Crippen LogP contribution in [0.25, 0.3) is 5.76 Å². The number of phenolic OH excluding ortho intramolecular Hbond substituents is 1. The Kier molecular flexibility index (Phi) is 7.69.